The van der Waals surface area contributed by atoms with E-state index in [9.17, 15) is 4.79 Å². The van der Waals surface area contributed by atoms with Crippen molar-refractivity contribution in [3.63, 3.8) is 0 Å². The summed E-state index contributed by atoms with van der Waals surface area (Å²) in [6.45, 7) is -0.0500. The van der Waals surface area contributed by atoms with Crippen molar-refractivity contribution in [3.05, 3.63) is 39.3 Å². The smallest absolute Gasteiger partial charge is 0.343 e. The van der Waals surface area contributed by atoms with E-state index in [0.717, 1.165) is 10.5 Å². The van der Waals surface area contributed by atoms with Crippen LogP contribution in [0.4, 0.5) is 0 Å². The highest BCUT2D eigenvalue weighted by Crippen LogP contribution is 2.31. The van der Waals surface area contributed by atoms with E-state index in [4.69, 9.17) is 16.7 Å². The zero-order valence-electron chi connectivity index (χ0n) is 8.98. The van der Waals surface area contributed by atoms with Gasteiger partial charge in [-0.25, -0.2) is 9.89 Å². The van der Waals surface area contributed by atoms with Gasteiger partial charge in [0, 0.05) is 11.9 Å². The SMILES string of the molecule is Cn1c(Sc2ccc(CO)cc2Cl)n[nH]c1=O. The molecule has 5 nitrogen and oxygen atoms in total. The summed E-state index contributed by atoms with van der Waals surface area (Å²) in [6.07, 6.45) is 0. The minimum atomic E-state index is -0.268. The van der Waals surface area contributed by atoms with Gasteiger partial charge < -0.3 is 5.11 Å². The maximum atomic E-state index is 11.2. The van der Waals surface area contributed by atoms with E-state index in [-0.39, 0.29) is 12.3 Å². The Morgan fingerprint density at radius 2 is 2.35 bits per heavy atom. The van der Waals surface area contributed by atoms with Crippen LogP contribution in [0.25, 0.3) is 0 Å². The van der Waals surface area contributed by atoms with Gasteiger partial charge in [-0.2, -0.15) is 0 Å². The number of halogens is 1. The zero-order chi connectivity index (χ0) is 12.4. The topological polar surface area (TPSA) is 70.9 Å². The molecule has 2 N–H and O–H groups in total. The van der Waals surface area contributed by atoms with Crippen molar-refractivity contribution < 1.29 is 5.11 Å². The van der Waals surface area contributed by atoms with Crippen LogP contribution in [0.3, 0.4) is 0 Å². The number of benzene rings is 1. The molecule has 1 aromatic heterocycles. The molecule has 7 heteroatoms. The quantitative estimate of drug-likeness (QED) is 0.885. The summed E-state index contributed by atoms with van der Waals surface area (Å²) in [5.74, 6) is 0. The van der Waals surface area contributed by atoms with Crippen molar-refractivity contribution in [2.24, 2.45) is 7.05 Å². The molecule has 1 heterocycles. The molecule has 2 rings (SSSR count). The van der Waals surface area contributed by atoms with Crippen molar-refractivity contribution in [1.29, 1.82) is 0 Å². The van der Waals surface area contributed by atoms with Crippen molar-refractivity contribution in [2.75, 3.05) is 0 Å². The molecule has 1 aromatic carbocycles. The van der Waals surface area contributed by atoms with Crippen molar-refractivity contribution in [1.82, 2.24) is 14.8 Å². The number of nitrogens with zero attached hydrogens (tertiary/aromatic N) is 2. The summed E-state index contributed by atoms with van der Waals surface area (Å²) in [6, 6.07) is 5.26. The Balaban J connectivity index is 2.30. The Labute approximate surface area is 106 Å². The van der Waals surface area contributed by atoms with Crippen molar-refractivity contribution in [3.8, 4) is 0 Å². The van der Waals surface area contributed by atoms with Crippen LogP contribution in [0, 0.1) is 0 Å². The lowest BCUT2D eigenvalue weighted by Crippen LogP contribution is -2.12. The molecule has 0 amide bonds. The minimum absolute atomic E-state index is 0.0500. The lowest BCUT2D eigenvalue weighted by Gasteiger charge is -2.04. The summed E-state index contributed by atoms with van der Waals surface area (Å²) in [4.78, 5) is 12.0. The van der Waals surface area contributed by atoms with E-state index in [1.165, 1.54) is 16.3 Å². The standard InChI is InChI=1S/C10H10ClN3O2S/c1-14-9(16)12-13-10(14)17-8-3-2-6(5-15)4-7(8)11/h2-4,15H,5H2,1H3,(H,12,16). The Bertz CT molecular complexity index is 593. The number of aromatic nitrogens is 3. The first-order chi connectivity index (χ1) is 8.11. The van der Waals surface area contributed by atoms with Gasteiger partial charge in [0.15, 0.2) is 5.16 Å². The van der Waals surface area contributed by atoms with Gasteiger partial charge in [-0.1, -0.05) is 17.7 Å². The maximum Gasteiger partial charge on any atom is 0.343 e. The highest BCUT2D eigenvalue weighted by atomic mass is 35.5. The van der Waals surface area contributed by atoms with Gasteiger partial charge in [-0.15, -0.1) is 5.10 Å². The molecule has 0 atom stereocenters. The highest BCUT2D eigenvalue weighted by Gasteiger charge is 2.09. The van der Waals surface area contributed by atoms with E-state index in [1.54, 1.807) is 25.2 Å². The van der Waals surface area contributed by atoms with Crippen LogP contribution >= 0.6 is 23.4 Å². The highest BCUT2D eigenvalue weighted by molar-refractivity contribution is 7.99. The van der Waals surface area contributed by atoms with Crippen molar-refractivity contribution in [2.45, 2.75) is 16.7 Å². The minimum Gasteiger partial charge on any atom is -0.392 e. The number of nitrogens with one attached hydrogen (secondary N) is 1. The Hall–Kier alpha value is -1.24. The van der Waals surface area contributed by atoms with E-state index >= 15 is 0 Å². The number of aromatic amines is 1. The summed E-state index contributed by atoms with van der Waals surface area (Å²) in [7, 11) is 1.63. The largest absolute Gasteiger partial charge is 0.392 e. The van der Waals surface area contributed by atoms with Gasteiger partial charge in [0.25, 0.3) is 0 Å². The van der Waals surface area contributed by atoms with Gasteiger partial charge in [0.05, 0.1) is 11.6 Å². The van der Waals surface area contributed by atoms with E-state index in [0.29, 0.717) is 10.2 Å². The molecule has 0 bridgehead atoms. The molecule has 0 saturated carbocycles. The number of aliphatic hydroxyl groups is 1. The van der Waals surface area contributed by atoms with Crippen LogP contribution in [0.15, 0.2) is 33.0 Å². The number of rotatable bonds is 3. The second kappa shape index (κ2) is 4.95. The number of H-pyrrole nitrogens is 1. The fourth-order valence-corrected chi connectivity index (χ4v) is 2.37. The molecule has 90 valence electrons. The number of hydrogen-bond donors (Lipinski definition) is 2. The third-order valence-electron chi connectivity index (χ3n) is 2.22. The lowest BCUT2D eigenvalue weighted by molar-refractivity contribution is 0.282. The van der Waals surface area contributed by atoms with Crippen LogP contribution < -0.4 is 5.69 Å². The van der Waals surface area contributed by atoms with Crippen LogP contribution in [0.2, 0.25) is 5.02 Å². The number of aliphatic hydroxyl groups excluding tert-OH is 1. The van der Waals surface area contributed by atoms with Gasteiger partial charge >= 0.3 is 5.69 Å². The van der Waals surface area contributed by atoms with Gasteiger partial charge in [0.2, 0.25) is 0 Å². The molecule has 0 spiro atoms. The second-order valence-electron chi connectivity index (χ2n) is 3.40. The summed E-state index contributed by atoms with van der Waals surface area (Å²) >= 11 is 7.35. The zero-order valence-corrected chi connectivity index (χ0v) is 10.5. The average molecular weight is 272 g/mol. The predicted octanol–water partition coefficient (Wildman–Crippen LogP) is 1.41. The third-order valence-corrected chi connectivity index (χ3v) is 3.77. The summed E-state index contributed by atoms with van der Waals surface area (Å²) in [5, 5.41) is 16.3. The molecular weight excluding hydrogens is 262 g/mol. The maximum absolute atomic E-state index is 11.2. The fourth-order valence-electron chi connectivity index (χ4n) is 1.25. The lowest BCUT2D eigenvalue weighted by atomic mass is 10.2. The van der Waals surface area contributed by atoms with Gasteiger partial charge in [-0.3, -0.25) is 4.57 Å². The first-order valence-corrected chi connectivity index (χ1v) is 6.00. The average Bonchev–Trinajstić information content (AvgIpc) is 2.63. The van der Waals surface area contributed by atoms with E-state index in [2.05, 4.69) is 10.2 Å². The summed E-state index contributed by atoms with van der Waals surface area (Å²) in [5.41, 5.74) is 0.478. The predicted molar refractivity (Wildman–Crippen MR) is 65.3 cm³/mol. The van der Waals surface area contributed by atoms with Crippen LogP contribution in [-0.4, -0.2) is 19.9 Å². The van der Waals surface area contributed by atoms with Crippen LogP contribution in [0.1, 0.15) is 5.56 Å². The monoisotopic (exact) mass is 271 g/mol. The third kappa shape index (κ3) is 2.54. The Kier molecular flexibility index (Phi) is 3.56. The molecule has 0 fully saturated rings. The van der Waals surface area contributed by atoms with Crippen molar-refractivity contribution >= 4 is 23.4 Å². The second-order valence-corrected chi connectivity index (χ2v) is 4.81. The number of hydrogen-bond acceptors (Lipinski definition) is 4. The fraction of sp³-hybridized carbons (Fsp3) is 0.200. The first-order valence-electron chi connectivity index (χ1n) is 4.80. The molecule has 0 aliphatic heterocycles. The molecule has 2 aromatic rings. The Morgan fingerprint density at radius 3 is 2.88 bits per heavy atom. The Morgan fingerprint density at radius 1 is 1.59 bits per heavy atom. The van der Waals surface area contributed by atoms with Crippen LogP contribution in [0.5, 0.6) is 0 Å². The molecule has 0 saturated heterocycles. The first kappa shape index (κ1) is 12.2. The normalized spacial score (nSPS) is 10.8. The van der Waals surface area contributed by atoms with Crippen LogP contribution in [-0.2, 0) is 13.7 Å². The van der Waals surface area contributed by atoms with Gasteiger partial charge in [0.1, 0.15) is 0 Å². The summed E-state index contributed by atoms with van der Waals surface area (Å²) < 4.78 is 1.40. The van der Waals surface area contributed by atoms with E-state index < -0.39 is 0 Å². The van der Waals surface area contributed by atoms with Gasteiger partial charge in [-0.05, 0) is 29.5 Å². The molecule has 0 aliphatic rings. The molecule has 0 unspecified atom stereocenters. The molecule has 0 radical (unpaired) electrons. The molecular formula is C10H10ClN3O2S. The molecule has 17 heavy (non-hydrogen) atoms. The van der Waals surface area contributed by atoms with E-state index in [1.807, 2.05) is 0 Å². The molecule has 0 aliphatic carbocycles.